The molecule has 138 valence electrons. The van der Waals surface area contributed by atoms with Crippen LogP contribution in [0.4, 0.5) is 4.79 Å². The van der Waals surface area contributed by atoms with E-state index in [0.29, 0.717) is 30.7 Å². The number of nitrogens with two attached hydrogens (primary N) is 1. The van der Waals surface area contributed by atoms with E-state index in [2.05, 4.69) is 15.5 Å². The van der Waals surface area contributed by atoms with Gasteiger partial charge in [-0.2, -0.15) is 4.98 Å². The van der Waals surface area contributed by atoms with Gasteiger partial charge in [-0.25, -0.2) is 4.79 Å². The molecule has 5 rings (SSSR count). The van der Waals surface area contributed by atoms with E-state index in [1.54, 1.807) is 0 Å². The van der Waals surface area contributed by atoms with Crippen LogP contribution in [-0.2, 0) is 6.42 Å². The molecular weight excluding hydrogens is 320 g/mol. The van der Waals surface area contributed by atoms with Crippen LogP contribution in [0.3, 0.4) is 0 Å². The molecule has 4 aliphatic carbocycles. The number of amides is 1. The van der Waals surface area contributed by atoms with Crippen LogP contribution >= 0.6 is 0 Å². The fourth-order valence-electron chi connectivity index (χ4n) is 5.97. The number of aromatic nitrogens is 2. The van der Waals surface area contributed by atoms with Gasteiger partial charge in [0.2, 0.25) is 5.89 Å². The summed E-state index contributed by atoms with van der Waals surface area (Å²) in [6, 6.07) is -0.326. The van der Waals surface area contributed by atoms with Gasteiger partial charge in [0.05, 0.1) is 6.04 Å². The lowest BCUT2D eigenvalue weighted by atomic mass is 9.49. The monoisotopic (exact) mass is 348 g/mol. The first kappa shape index (κ1) is 16.8. The van der Waals surface area contributed by atoms with E-state index < -0.39 is 6.09 Å². The summed E-state index contributed by atoms with van der Waals surface area (Å²) in [7, 11) is 0. The molecule has 25 heavy (non-hydrogen) atoms. The zero-order valence-corrected chi connectivity index (χ0v) is 14.6. The Balaban J connectivity index is 1.33. The highest BCUT2D eigenvalue weighted by Gasteiger charge is 2.51. The molecule has 7 nitrogen and oxygen atoms in total. The minimum absolute atomic E-state index is 0.326. The molecule has 0 aliphatic heterocycles. The predicted molar refractivity (Wildman–Crippen MR) is 90.8 cm³/mol. The van der Waals surface area contributed by atoms with Crippen LogP contribution < -0.4 is 11.1 Å². The number of rotatable bonds is 7. The summed E-state index contributed by atoms with van der Waals surface area (Å²) < 4.78 is 5.40. The van der Waals surface area contributed by atoms with Crippen molar-refractivity contribution in [2.24, 2.45) is 28.9 Å². The van der Waals surface area contributed by atoms with Gasteiger partial charge in [-0.3, -0.25) is 0 Å². The fourth-order valence-corrected chi connectivity index (χ4v) is 5.97. The summed E-state index contributed by atoms with van der Waals surface area (Å²) in [5.41, 5.74) is 6.51. The van der Waals surface area contributed by atoms with Crippen LogP contribution in [0.15, 0.2) is 4.52 Å². The van der Waals surface area contributed by atoms with Gasteiger partial charge in [-0.05, 0) is 74.5 Å². The van der Waals surface area contributed by atoms with Crippen LogP contribution in [0.25, 0.3) is 0 Å². The smallest absolute Gasteiger partial charge is 0.404 e. The second kappa shape index (κ2) is 6.59. The summed E-state index contributed by atoms with van der Waals surface area (Å²) >= 11 is 0. The molecule has 1 aromatic heterocycles. The Kier molecular flexibility index (Phi) is 4.43. The molecule has 1 aromatic rings. The average Bonchev–Trinajstić information content (AvgIpc) is 2.97. The topological polar surface area (TPSA) is 114 Å². The Morgan fingerprint density at radius 1 is 1.28 bits per heavy atom. The van der Waals surface area contributed by atoms with E-state index in [9.17, 15) is 4.79 Å². The Bertz CT molecular complexity index is 594. The van der Waals surface area contributed by atoms with Gasteiger partial charge in [0, 0.05) is 13.0 Å². The molecule has 4 fully saturated rings. The minimum atomic E-state index is -1.01. The maximum atomic E-state index is 10.4. The first-order valence-electron chi connectivity index (χ1n) is 9.56. The van der Waals surface area contributed by atoms with Crippen molar-refractivity contribution < 1.29 is 14.4 Å². The standard InChI is InChI=1S/C18H28N4O3/c19-14(2-1-3-20-17(23)24)16-21-15(22-25-16)10-18-7-11-4-12(8-18)6-13(5-11)9-18/h11-14,20H,1-10,19H2,(H,23,24)/t11?,12?,13?,14-,18?/m0/s1. The van der Waals surface area contributed by atoms with E-state index in [1.807, 2.05) is 0 Å². The molecule has 0 radical (unpaired) electrons. The molecule has 0 aromatic carbocycles. The number of hydrogen-bond donors (Lipinski definition) is 3. The van der Waals surface area contributed by atoms with E-state index in [0.717, 1.165) is 30.0 Å². The summed E-state index contributed by atoms with van der Waals surface area (Å²) in [5.74, 6) is 4.04. The Labute approximate surface area is 147 Å². The van der Waals surface area contributed by atoms with Gasteiger partial charge >= 0.3 is 6.09 Å². The van der Waals surface area contributed by atoms with Crippen molar-refractivity contribution in [3.05, 3.63) is 11.7 Å². The van der Waals surface area contributed by atoms with Crippen molar-refractivity contribution in [2.75, 3.05) is 6.54 Å². The van der Waals surface area contributed by atoms with Crippen molar-refractivity contribution in [3.8, 4) is 0 Å². The normalized spacial score (nSPS) is 34.2. The molecule has 1 heterocycles. The molecule has 0 spiro atoms. The summed E-state index contributed by atoms with van der Waals surface area (Å²) in [4.78, 5) is 15.0. The maximum absolute atomic E-state index is 10.4. The quantitative estimate of drug-likeness (QED) is 0.653. The molecule has 1 amide bonds. The molecule has 1 atom stereocenters. The van der Waals surface area contributed by atoms with E-state index >= 15 is 0 Å². The number of hydrogen-bond acceptors (Lipinski definition) is 5. The third-order valence-corrected chi connectivity index (χ3v) is 6.47. The lowest BCUT2D eigenvalue weighted by Crippen LogP contribution is -2.47. The number of carbonyl (C=O) groups is 1. The Hall–Kier alpha value is -1.63. The number of nitrogens with one attached hydrogen (secondary N) is 1. The van der Waals surface area contributed by atoms with Crippen molar-refractivity contribution in [2.45, 2.75) is 63.8 Å². The predicted octanol–water partition coefficient (Wildman–Crippen LogP) is 2.88. The van der Waals surface area contributed by atoms with E-state index in [4.69, 9.17) is 15.4 Å². The maximum Gasteiger partial charge on any atom is 0.404 e. The van der Waals surface area contributed by atoms with Crippen LogP contribution in [-0.4, -0.2) is 27.9 Å². The SMILES string of the molecule is N[C@@H](CCCNC(=O)O)c1nc(CC23CC4CC(CC(C4)C2)C3)no1. The van der Waals surface area contributed by atoms with Crippen LogP contribution in [0.2, 0.25) is 0 Å². The molecule has 4 aliphatic rings. The van der Waals surface area contributed by atoms with Crippen molar-refractivity contribution in [1.29, 1.82) is 0 Å². The Morgan fingerprint density at radius 3 is 2.52 bits per heavy atom. The summed E-state index contributed by atoms with van der Waals surface area (Å²) in [6.45, 7) is 0.386. The lowest BCUT2D eigenvalue weighted by molar-refractivity contribution is -0.0533. The molecule has 0 unspecified atom stereocenters. The van der Waals surface area contributed by atoms with Gasteiger partial charge in [0.15, 0.2) is 5.82 Å². The Morgan fingerprint density at radius 2 is 1.92 bits per heavy atom. The van der Waals surface area contributed by atoms with Gasteiger partial charge in [0.25, 0.3) is 0 Å². The summed E-state index contributed by atoms with van der Waals surface area (Å²) in [5, 5.41) is 15.1. The molecule has 4 bridgehead atoms. The zero-order chi connectivity index (χ0) is 17.4. The van der Waals surface area contributed by atoms with E-state index in [-0.39, 0.29) is 6.04 Å². The third-order valence-electron chi connectivity index (χ3n) is 6.47. The van der Waals surface area contributed by atoms with Gasteiger partial charge in [-0.1, -0.05) is 5.16 Å². The lowest BCUT2D eigenvalue weighted by Gasteiger charge is -2.56. The van der Waals surface area contributed by atoms with Gasteiger partial charge in [0.1, 0.15) is 0 Å². The molecule has 0 saturated heterocycles. The molecule has 7 heteroatoms. The molecule has 4 N–H and O–H groups in total. The highest BCUT2D eigenvalue weighted by Crippen LogP contribution is 2.60. The van der Waals surface area contributed by atoms with Gasteiger partial charge < -0.3 is 20.7 Å². The minimum Gasteiger partial charge on any atom is -0.465 e. The number of nitrogens with zero attached hydrogens (tertiary/aromatic N) is 2. The average molecular weight is 348 g/mol. The summed E-state index contributed by atoms with van der Waals surface area (Å²) in [6.07, 6.45) is 9.49. The molecular formula is C18H28N4O3. The third kappa shape index (κ3) is 3.66. The van der Waals surface area contributed by atoms with E-state index in [1.165, 1.54) is 38.5 Å². The largest absolute Gasteiger partial charge is 0.465 e. The second-order valence-corrected chi connectivity index (χ2v) is 8.62. The fraction of sp³-hybridized carbons (Fsp3) is 0.833. The number of carboxylic acid groups (broad SMARTS) is 1. The van der Waals surface area contributed by atoms with Crippen LogP contribution in [0.1, 0.15) is 69.1 Å². The van der Waals surface area contributed by atoms with Crippen molar-refractivity contribution in [1.82, 2.24) is 15.5 Å². The first-order chi connectivity index (χ1) is 12.0. The highest BCUT2D eigenvalue weighted by atomic mass is 16.5. The van der Waals surface area contributed by atoms with Crippen LogP contribution in [0, 0.1) is 23.2 Å². The van der Waals surface area contributed by atoms with Crippen LogP contribution in [0.5, 0.6) is 0 Å². The van der Waals surface area contributed by atoms with Gasteiger partial charge in [-0.15, -0.1) is 0 Å². The second-order valence-electron chi connectivity index (χ2n) is 8.62. The highest BCUT2D eigenvalue weighted by molar-refractivity contribution is 5.64. The molecule has 4 saturated carbocycles. The van der Waals surface area contributed by atoms with Crippen molar-refractivity contribution >= 4 is 6.09 Å². The zero-order valence-electron chi connectivity index (χ0n) is 14.6. The first-order valence-corrected chi connectivity index (χ1v) is 9.56. The van der Waals surface area contributed by atoms with Crippen molar-refractivity contribution in [3.63, 3.8) is 0 Å².